The molecule has 0 fully saturated rings. The second kappa shape index (κ2) is 7.36. The van der Waals surface area contributed by atoms with Crippen molar-refractivity contribution in [3.8, 4) is 0 Å². The summed E-state index contributed by atoms with van der Waals surface area (Å²) in [7, 11) is 4.03. The van der Waals surface area contributed by atoms with E-state index in [2.05, 4.69) is 11.8 Å². The number of halogens is 3. The van der Waals surface area contributed by atoms with Crippen molar-refractivity contribution in [2.75, 3.05) is 20.4 Å². The van der Waals surface area contributed by atoms with Gasteiger partial charge in [0.25, 0.3) is 0 Å². The van der Waals surface area contributed by atoms with Gasteiger partial charge in [-0.3, -0.25) is 0 Å². The topological polar surface area (TPSA) is 3.24 Å². The number of aryl methyl sites for hydroxylation is 1. The minimum Gasteiger partial charge on any atom is -0.307 e. The number of nitrogens with zero attached hydrogens (tertiary/aromatic N) is 1. The zero-order valence-electron chi connectivity index (χ0n) is 12.4. The number of thioether (sulfide) groups is 1. The fraction of sp³-hybridized carbons (Fsp3) is 0.600. The maximum Gasteiger partial charge on any atom is 0.416 e. The van der Waals surface area contributed by atoms with Gasteiger partial charge in [-0.15, -0.1) is 11.8 Å². The molecule has 1 atom stereocenters. The van der Waals surface area contributed by atoms with Crippen LogP contribution in [0.3, 0.4) is 0 Å². The Balaban J connectivity index is 2.75. The lowest BCUT2D eigenvalue weighted by Crippen LogP contribution is -2.24. The summed E-state index contributed by atoms with van der Waals surface area (Å²) >= 11 is 1.35. The molecule has 0 unspecified atom stereocenters. The Morgan fingerprint density at radius 3 is 2.35 bits per heavy atom. The van der Waals surface area contributed by atoms with Gasteiger partial charge in [-0.2, -0.15) is 13.2 Å². The first-order valence-electron chi connectivity index (χ1n) is 6.65. The minimum atomic E-state index is -4.27. The van der Waals surface area contributed by atoms with Crippen LogP contribution in [0.2, 0.25) is 0 Å². The van der Waals surface area contributed by atoms with E-state index in [4.69, 9.17) is 0 Å². The molecule has 5 heteroatoms. The minimum absolute atomic E-state index is 0.445. The Morgan fingerprint density at radius 2 is 1.85 bits per heavy atom. The Bertz CT molecular complexity index is 430. The van der Waals surface area contributed by atoms with Crippen LogP contribution in [0.4, 0.5) is 13.2 Å². The van der Waals surface area contributed by atoms with Gasteiger partial charge in [0.05, 0.1) is 5.56 Å². The van der Waals surface area contributed by atoms with Crippen molar-refractivity contribution < 1.29 is 13.2 Å². The molecule has 1 aromatic rings. The zero-order valence-corrected chi connectivity index (χ0v) is 13.2. The van der Waals surface area contributed by atoms with Gasteiger partial charge in [0.15, 0.2) is 0 Å². The third kappa shape index (κ3) is 5.37. The highest BCUT2D eigenvalue weighted by atomic mass is 32.2. The van der Waals surface area contributed by atoms with E-state index in [1.54, 1.807) is 6.26 Å². The molecule has 0 bridgehead atoms. The molecule has 0 amide bonds. The Labute approximate surface area is 123 Å². The van der Waals surface area contributed by atoms with E-state index in [0.29, 0.717) is 17.4 Å². The smallest absolute Gasteiger partial charge is 0.307 e. The van der Waals surface area contributed by atoms with Crippen LogP contribution >= 0.6 is 11.8 Å². The molecule has 0 aliphatic carbocycles. The Morgan fingerprint density at radius 1 is 1.20 bits per heavy atom. The van der Waals surface area contributed by atoms with Crippen LogP contribution in [-0.4, -0.2) is 31.3 Å². The summed E-state index contributed by atoms with van der Waals surface area (Å²) in [6.45, 7) is 2.12. The van der Waals surface area contributed by atoms with Crippen molar-refractivity contribution in [2.24, 2.45) is 0 Å². The van der Waals surface area contributed by atoms with Crippen LogP contribution in [0.25, 0.3) is 0 Å². The molecule has 1 nitrogen and oxygen atoms in total. The van der Waals surface area contributed by atoms with E-state index in [-0.39, 0.29) is 0 Å². The number of benzene rings is 1. The van der Waals surface area contributed by atoms with Gasteiger partial charge in [-0.25, -0.2) is 0 Å². The van der Waals surface area contributed by atoms with E-state index < -0.39 is 11.7 Å². The van der Waals surface area contributed by atoms with Gasteiger partial charge >= 0.3 is 6.18 Å². The SMILES string of the molecule is CSc1cc(CCC[C@H](C)N(C)C)cc(C(F)(F)F)c1. The molecule has 0 aromatic heterocycles. The van der Waals surface area contributed by atoms with Gasteiger partial charge in [-0.1, -0.05) is 0 Å². The summed E-state index contributed by atoms with van der Waals surface area (Å²) < 4.78 is 38.5. The second-order valence-corrected chi connectivity index (χ2v) is 6.15. The molecule has 0 heterocycles. The van der Waals surface area contributed by atoms with Gasteiger partial charge < -0.3 is 4.90 Å². The Hall–Kier alpha value is -0.680. The van der Waals surface area contributed by atoms with Crippen molar-refractivity contribution in [1.29, 1.82) is 0 Å². The van der Waals surface area contributed by atoms with Crippen molar-refractivity contribution in [3.63, 3.8) is 0 Å². The normalized spacial score (nSPS) is 13.8. The first kappa shape index (κ1) is 17.4. The highest BCUT2D eigenvalue weighted by Crippen LogP contribution is 2.33. The molecular formula is C15H22F3NS. The molecule has 0 spiro atoms. The maximum atomic E-state index is 12.8. The largest absolute Gasteiger partial charge is 0.416 e. The zero-order chi connectivity index (χ0) is 15.3. The number of hydrogen-bond acceptors (Lipinski definition) is 2. The van der Waals surface area contributed by atoms with Crippen LogP contribution in [0.1, 0.15) is 30.9 Å². The van der Waals surface area contributed by atoms with Crippen molar-refractivity contribution in [1.82, 2.24) is 4.90 Å². The molecule has 0 saturated carbocycles. The van der Waals surface area contributed by atoms with E-state index in [9.17, 15) is 13.2 Å². The van der Waals surface area contributed by atoms with E-state index in [1.165, 1.54) is 23.9 Å². The van der Waals surface area contributed by atoms with Crippen LogP contribution < -0.4 is 0 Å². The predicted octanol–water partition coefficient (Wildman–Crippen LogP) is 4.70. The number of hydrogen-bond donors (Lipinski definition) is 0. The van der Waals surface area contributed by atoms with Crippen molar-refractivity contribution >= 4 is 11.8 Å². The molecule has 0 aliphatic rings. The van der Waals surface area contributed by atoms with Crippen molar-refractivity contribution in [2.45, 2.75) is 43.3 Å². The van der Waals surface area contributed by atoms with Crippen LogP contribution in [0.5, 0.6) is 0 Å². The monoisotopic (exact) mass is 305 g/mol. The third-order valence-corrected chi connectivity index (χ3v) is 4.21. The van der Waals surface area contributed by atoms with E-state index in [0.717, 1.165) is 18.4 Å². The predicted molar refractivity (Wildman–Crippen MR) is 79.3 cm³/mol. The highest BCUT2D eigenvalue weighted by Gasteiger charge is 2.31. The fourth-order valence-electron chi connectivity index (χ4n) is 1.95. The molecule has 1 aromatic carbocycles. The summed E-state index contributed by atoms with van der Waals surface area (Å²) in [6, 6.07) is 4.80. The van der Waals surface area contributed by atoms with Gasteiger partial charge in [-0.05, 0) is 70.3 Å². The van der Waals surface area contributed by atoms with Gasteiger partial charge in [0.1, 0.15) is 0 Å². The van der Waals surface area contributed by atoms with E-state index in [1.807, 2.05) is 20.2 Å². The average molecular weight is 305 g/mol. The van der Waals surface area contributed by atoms with Gasteiger partial charge in [0, 0.05) is 10.9 Å². The summed E-state index contributed by atoms with van der Waals surface area (Å²) in [5.74, 6) is 0. The van der Waals surface area contributed by atoms with Crippen LogP contribution in [0.15, 0.2) is 23.1 Å². The molecule has 0 saturated heterocycles. The van der Waals surface area contributed by atoms with E-state index >= 15 is 0 Å². The second-order valence-electron chi connectivity index (χ2n) is 5.27. The lowest BCUT2D eigenvalue weighted by molar-refractivity contribution is -0.137. The quantitative estimate of drug-likeness (QED) is 0.701. The summed E-state index contributed by atoms with van der Waals surface area (Å²) in [5.41, 5.74) is 0.232. The van der Waals surface area contributed by atoms with Gasteiger partial charge in [0.2, 0.25) is 0 Å². The molecule has 0 radical (unpaired) electrons. The molecule has 1 rings (SSSR count). The first-order valence-corrected chi connectivity index (χ1v) is 7.88. The van der Waals surface area contributed by atoms with Crippen LogP contribution in [0, 0.1) is 0 Å². The highest BCUT2D eigenvalue weighted by molar-refractivity contribution is 7.98. The maximum absolute atomic E-state index is 12.8. The van der Waals surface area contributed by atoms with Crippen LogP contribution in [-0.2, 0) is 12.6 Å². The number of rotatable bonds is 6. The average Bonchev–Trinajstić information content (AvgIpc) is 2.37. The lowest BCUT2D eigenvalue weighted by atomic mass is 10.0. The number of alkyl halides is 3. The van der Waals surface area contributed by atoms with Crippen molar-refractivity contribution in [3.05, 3.63) is 29.3 Å². The fourth-order valence-corrected chi connectivity index (χ4v) is 2.46. The summed E-state index contributed by atoms with van der Waals surface area (Å²) in [5, 5.41) is 0. The molecule has 0 aliphatic heterocycles. The Kier molecular flexibility index (Phi) is 6.40. The summed E-state index contributed by atoms with van der Waals surface area (Å²) in [4.78, 5) is 2.80. The molecular weight excluding hydrogens is 283 g/mol. The standard InChI is InChI=1S/C15H22F3NS/c1-11(19(2)3)6-5-7-12-8-13(15(16,17)18)10-14(9-12)20-4/h8-11H,5-7H2,1-4H3/t11-/m0/s1. The summed E-state index contributed by atoms with van der Waals surface area (Å²) in [6.07, 6.45) is 0.104. The first-order chi connectivity index (χ1) is 9.24. The molecule has 0 N–H and O–H groups in total. The third-order valence-electron chi connectivity index (χ3n) is 3.50. The molecule has 114 valence electrons. The lowest BCUT2D eigenvalue weighted by Gasteiger charge is -2.19. The molecule has 20 heavy (non-hydrogen) atoms.